The first kappa shape index (κ1) is 21.2. The Bertz CT molecular complexity index is 1160. The highest BCUT2D eigenvalue weighted by Crippen LogP contribution is 2.28. The Hall–Kier alpha value is -3.52. The quantitative estimate of drug-likeness (QED) is 0.594. The summed E-state index contributed by atoms with van der Waals surface area (Å²) in [6.45, 7) is 1.69. The Kier molecular flexibility index (Phi) is 6.27. The largest absolute Gasteiger partial charge is 0.497 e. The highest BCUT2D eigenvalue weighted by molar-refractivity contribution is 7.92. The maximum Gasteiger partial charge on any atom is 0.262 e. The average molecular weight is 426 g/mol. The molecule has 0 spiro atoms. The van der Waals surface area contributed by atoms with Gasteiger partial charge in [-0.2, -0.15) is 0 Å². The molecule has 0 fully saturated rings. The molecule has 0 aliphatic carbocycles. The van der Waals surface area contributed by atoms with Gasteiger partial charge in [-0.3, -0.25) is 9.52 Å². The number of anilines is 2. The second-order valence-corrected chi connectivity index (χ2v) is 8.12. The SMILES string of the molecule is COc1ccc(C(=O)Nc2ccc(C)c(S(=O)(=O)Nc3ccccc3OC)c2)cc1. The van der Waals surface area contributed by atoms with Crippen LogP contribution in [0.1, 0.15) is 15.9 Å². The molecule has 156 valence electrons. The molecule has 0 saturated heterocycles. The number of para-hydroxylation sites is 2. The molecule has 2 N–H and O–H groups in total. The Morgan fingerprint density at radius 2 is 1.60 bits per heavy atom. The number of methoxy groups -OCH3 is 2. The minimum Gasteiger partial charge on any atom is -0.497 e. The molecular formula is C22H22N2O5S. The van der Waals surface area contributed by atoms with Crippen molar-refractivity contribution in [2.45, 2.75) is 11.8 Å². The number of ether oxygens (including phenoxy) is 2. The molecule has 7 nitrogen and oxygen atoms in total. The van der Waals surface area contributed by atoms with E-state index >= 15 is 0 Å². The van der Waals surface area contributed by atoms with Crippen LogP contribution in [0.3, 0.4) is 0 Å². The number of sulfonamides is 1. The van der Waals surface area contributed by atoms with E-state index in [1.165, 1.54) is 13.2 Å². The number of aryl methyl sites for hydroxylation is 1. The minimum atomic E-state index is -3.91. The van der Waals surface area contributed by atoms with Gasteiger partial charge in [-0.15, -0.1) is 0 Å². The zero-order chi connectivity index (χ0) is 21.7. The lowest BCUT2D eigenvalue weighted by molar-refractivity contribution is 0.102. The van der Waals surface area contributed by atoms with Gasteiger partial charge in [0.15, 0.2) is 0 Å². The minimum absolute atomic E-state index is 0.0564. The van der Waals surface area contributed by atoms with Gasteiger partial charge in [0.1, 0.15) is 11.5 Å². The van der Waals surface area contributed by atoms with Crippen molar-refractivity contribution in [2.75, 3.05) is 24.3 Å². The van der Waals surface area contributed by atoms with Crippen LogP contribution in [0.2, 0.25) is 0 Å². The van der Waals surface area contributed by atoms with Crippen LogP contribution >= 0.6 is 0 Å². The molecule has 0 unspecified atom stereocenters. The van der Waals surface area contributed by atoms with Gasteiger partial charge >= 0.3 is 0 Å². The normalized spacial score (nSPS) is 10.9. The van der Waals surface area contributed by atoms with Crippen LogP contribution in [0.4, 0.5) is 11.4 Å². The summed E-state index contributed by atoms with van der Waals surface area (Å²) >= 11 is 0. The van der Waals surface area contributed by atoms with Crippen LogP contribution in [0.5, 0.6) is 11.5 Å². The molecule has 0 heterocycles. The maximum atomic E-state index is 13.0. The number of hydrogen-bond donors (Lipinski definition) is 2. The highest BCUT2D eigenvalue weighted by atomic mass is 32.2. The summed E-state index contributed by atoms with van der Waals surface area (Å²) in [6.07, 6.45) is 0. The molecule has 0 aliphatic rings. The third-order valence-electron chi connectivity index (χ3n) is 4.44. The Morgan fingerprint density at radius 3 is 2.27 bits per heavy atom. The molecule has 0 radical (unpaired) electrons. The van der Waals surface area contributed by atoms with Gasteiger partial charge in [0.2, 0.25) is 0 Å². The first-order valence-electron chi connectivity index (χ1n) is 9.06. The Balaban J connectivity index is 1.86. The number of hydrogen-bond acceptors (Lipinski definition) is 5. The van der Waals surface area contributed by atoms with E-state index in [0.717, 1.165) is 0 Å². The topological polar surface area (TPSA) is 93.7 Å². The fourth-order valence-corrected chi connectivity index (χ4v) is 4.18. The monoisotopic (exact) mass is 426 g/mol. The lowest BCUT2D eigenvalue weighted by atomic mass is 10.2. The number of benzene rings is 3. The fourth-order valence-electron chi connectivity index (χ4n) is 2.84. The summed E-state index contributed by atoms with van der Waals surface area (Å²) in [5.41, 5.74) is 1.65. The van der Waals surface area contributed by atoms with Gasteiger partial charge in [0.05, 0.1) is 24.8 Å². The van der Waals surface area contributed by atoms with Crippen molar-refractivity contribution in [2.24, 2.45) is 0 Å². The Labute approximate surface area is 175 Å². The summed E-state index contributed by atoms with van der Waals surface area (Å²) in [6, 6.07) is 18.1. The van der Waals surface area contributed by atoms with Crippen LogP contribution in [0, 0.1) is 6.92 Å². The van der Waals surface area contributed by atoms with E-state index in [1.54, 1.807) is 74.7 Å². The van der Waals surface area contributed by atoms with Crippen LogP contribution < -0.4 is 19.5 Å². The zero-order valence-corrected chi connectivity index (χ0v) is 17.6. The number of amides is 1. The van der Waals surface area contributed by atoms with Crippen LogP contribution in [-0.2, 0) is 10.0 Å². The van der Waals surface area contributed by atoms with E-state index < -0.39 is 10.0 Å². The lowest BCUT2D eigenvalue weighted by Gasteiger charge is -2.14. The van der Waals surface area contributed by atoms with Gasteiger partial charge in [0.25, 0.3) is 15.9 Å². The van der Waals surface area contributed by atoms with Crippen molar-refractivity contribution in [3.05, 3.63) is 77.9 Å². The number of carbonyl (C=O) groups is 1. The van der Waals surface area contributed by atoms with Crippen molar-refractivity contribution < 1.29 is 22.7 Å². The molecule has 3 aromatic rings. The highest BCUT2D eigenvalue weighted by Gasteiger charge is 2.20. The summed E-state index contributed by atoms with van der Waals surface area (Å²) in [7, 11) is -0.896. The molecule has 0 saturated carbocycles. The standard InChI is InChI=1S/C22H22N2O5S/c1-15-8-11-17(23-22(25)16-9-12-18(28-2)13-10-16)14-21(15)30(26,27)24-19-6-4-5-7-20(19)29-3/h4-14,24H,1-3H3,(H,23,25). The van der Waals surface area contributed by atoms with E-state index in [4.69, 9.17) is 9.47 Å². The molecule has 3 rings (SSSR count). The number of nitrogens with one attached hydrogen (secondary N) is 2. The molecule has 1 amide bonds. The molecule has 3 aromatic carbocycles. The fraction of sp³-hybridized carbons (Fsp3) is 0.136. The number of carbonyl (C=O) groups excluding carboxylic acids is 1. The summed E-state index contributed by atoms with van der Waals surface area (Å²) < 4.78 is 38.8. The third kappa shape index (κ3) is 4.72. The van der Waals surface area contributed by atoms with Crippen molar-refractivity contribution in [3.8, 4) is 11.5 Å². The predicted octanol–water partition coefficient (Wildman–Crippen LogP) is 4.07. The smallest absolute Gasteiger partial charge is 0.262 e. The molecule has 0 atom stereocenters. The Morgan fingerprint density at radius 1 is 0.900 bits per heavy atom. The van der Waals surface area contributed by atoms with Crippen molar-refractivity contribution in [3.63, 3.8) is 0 Å². The van der Waals surface area contributed by atoms with Crippen LogP contribution in [0.25, 0.3) is 0 Å². The lowest BCUT2D eigenvalue weighted by Crippen LogP contribution is -2.16. The van der Waals surface area contributed by atoms with Gasteiger partial charge < -0.3 is 14.8 Å². The van der Waals surface area contributed by atoms with Crippen LogP contribution in [0.15, 0.2) is 71.6 Å². The van der Waals surface area contributed by atoms with Gasteiger partial charge in [-0.25, -0.2) is 8.42 Å². The second-order valence-electron chi connectivity index (χ2n) is 6.47. The van der Waals surface area contributed by atoms with E-state index in [-0.39, 0.29) is 10.8 Å². The van der Waals surface area contributed by atoms with E-state index in [2.05, 4.69) is 10.0 Å². The summed E-state index contributed by atoms with van der Waals surface area (Å²) in [5, 5.41) is 2.73. The van der Waals surface area contributed by atoms with E-state index in [0.29, 0.717) is 34.0 Å². The molecule has 0 aromatic heterocycles. The van der Waals surface area contributed by atoms with Crippen molar-refractivity contribution >= 4 is 27.3 Å². The van der Waals surface area contributed by atoms with Gasteiger partial charge in [0, 0.05) is 11.3 Å². The summed E-state index contributed by atoms with van der Waals surface area (Å²) in [5.74, 6) is 0.683. The zero-order valence-electron chi connectivity index (χ0n) is 16.8. The van der Waals surface area contributed by atoms with Gasteiger partial charge in [-0.05, 0) is 61.0 Å². The van der Waals surface area contributed by atoms with Crippen LogP contribution in [-0.4, -0.2) is 28.5 Å². The second kappa shape index (κ2) is 8.87. The predicted molar refractivity (Wildman–Crippen MR) is 116 cm³/mol. The molecule has 8 heteroatoms. The van der Waals surface area contributed by atoms with Crippen molar-refractivity contribution in [1.29, 1.82) is 0 Å². The molecular weight excluding hydrogens is 404 g/mol. The average Bonchev–Trinajstić information content (AvgIpc) is 2.75. The summed E-state index contributed by atoms with van der Waals surface area (Å²) in [4.78, 5) is 12.6. The maximum absolute atomic E-state index is 13.0. The van der Waals surface area contributed by atoms with Crippen molar-refractivity contribution in [1.82, 2.24) is 0 Å². The third-order valence-corrected chi connectivity index (χ3v) is 5.95. The van der Waals surface area contributed by atoms with E-state index in [9.17, 15) is 13.2 Å². The first-order chi connectivity index (χ1) is 14.3. The first-order valence-corrected chi connectivity index (χ1v) is 10.5. The molecule has 30 heavy (non-hydrogen) atoms. The molecule has 0 aliphatic heterocycles. The van der Waals surface area contributed by atoms with E-state index in [1.807, 2.05) is 0 Å². The number of rotatable bonds is 7. The molecule has 0 bridgehead atoms. The van der Waals surface area contributed by atoms with Gasteiger partial charge in [-0.1, -0.05) is 18.2 Å².